The maximum Gasteiger partial charge on any atom is 0.306 e. The van der Waals surface area contributed by atoms with Crippen LogP contribution in [0.4, 0.5) is 0 Å². The molecule has 1 rings (SSSR count). The first-order valence-corrected chi connectivity index (χ1v) is 7.51. The van der Waals surface area contributed by atoms with E-state index in [0.717, 1.165) is 9.87 Å². The molecule has 0 aliphatic carbocycles. The molecule has 0 amide bonds. The number of esters is 1. The smallest absolute Gasteiger partial charge is 0.306 e. The van der Waals surface area contributed by atoms with Crippen molar-refractivity contribution in [1.29, 1.82) is 0 Å². The lowest BCUT2D eigenvalue weighted by Crippen LogP contribution is -2.40. The first-order valence-electron chi connectivity index (χ1n) is 6.07. The van der Waals surface area contributed by atoms with Gasteiger partial charge in [-0.05, 0) is 18.6 Å². The lowest BCUT2D eigenvalue weighted by molar-refractivity contribution is -0.140. The Labute approximate surface area is 119 Å². The van der Waals surface area contributed by atoms with Crippen LogP contribution in [0.2, 0.25) is 0 Å². The maximum atomic E-state index is 12.1. The van der Waals surface area contributed by atoms with Crippen molar-refractivity contribution < 1.29 is 17.9 Å². The van der Waals surface area contributed by atoms with Crippen molar-refractivity contribution >= 4 is 16.2 Å². The number of pyridine rings is 1. The number of carbonyl (C=O) groups excluding carboxylic acids is 1. The summed E-state index contributed by atoms with van der Waals surface area (Å²) < 4.78 is 32.2. The van der Waals surface area contributed by atoms with Crippen molar-refractivity contribution in [2.24, 2.45) is 0 Å². The summed E-state index contributed by atoms with van der Waals surface area (Å²) in [5, 5.41) is 0. The predicted molar refractivity (Wildman–Crippen MR) is 74.0 cm³/mol. The number of carbonyl (C=O) groups is 1. The lowest BCUT2D eigenvalue weighted by atomic mass is 10.2. The Morgan fingerprint density at radius 2 is 2.25 bits per heavy atom. The molecular weight excluding hydrogens is 282 g/mol. The van der Waals surface area contributed by atoms with Gasteiger partial charge in [-0.15, -0.1) is 0 Å². The number of hydrogen-bond acceptors (Lipinski definition) is 5. The number of aromatic nitrogens is 1. The Bertz CT molecular complexity index is 533. The molecule has 20 heavy (non-hydrogen) atoms. The zero-order valence-corrected chi connectivity index (χ0v) is 12.6. The van der Waals surface area contributed by atoms with Crippen molar-refractivity contribution in [1.82, 2.24) is 14.0 Å². The maximum absolute atomic E-state index is 12.1. The minimum absolute atomic E-state index is 0.00911. The standard InChI is InChI=1S/C12H19N3O4S/c1-10(11-5-4-7-13-9-11)14-20(17,18)15(2)8-6-12(16)19-3/h4-5,7,9-10,14H,6,8H2,1-3H3/t10-/m1/s1. The van der Waals surface area contributed by atoms with Crippen LogP contribution >= 0.6 is 0 Å². The highest BCUT2D eigenvalue weighted by Crippen LogP contribution is 2.12. The molecule has 0 aromatic carbocycles. The molecule has 1 N–H and O–H groups in total. The molecule has 0 fully saturated rings. The van der Waals surface area contributed by atoms with Crippen molar-refractivity contribution in [3.8, 4) is 0 Å². The van der Waals surface area contributed by atoms with Crippen LogP contribution in [-0.4, -0.2) is 44.4 Å². The van der Waals surface area contributed by atoms with E-state index in [1.165, 1.54) is 14.2 Å². The van der Waals surface area contributed by atoms with Gasteiger partial charge in [-0.3, -0.25) is 9.78 Å². The van der Waals surface area contributed by atoms with Gasteiger partial charge in [-0.2, -0.15) is 17.4 Å². The summed E-state index contributed by atoms with van der Waals surface area (Å²) in [6.07, 6.45) is 3.23. The van der Waals surface area contributed by atoms with E-state index in [-0.39, 0.29) is 13.0 Å². The monoisotopic (exact) mass is 301 g/mol. The SMILES string of the molecule is COC(=O)CCN(C)S(=O)(=O)N[C@H](C)c1cccnc1. The van der Waals surface area contributed by atoms with Gasteiger partial charge in [-0.25, -0.2) is 0 Å². The molecule has 0 saturated carbocycles. The number of ether oxygens (including phenoxy) is 1. The van der Waals surface area contributed by atoms with Crippen molar-refractivity contribution in [3.05, 3.63) is 30.1 Å². The largest absolute Gasteiger partial charge is 0.469 e. The van der Waals surface area contributed by atoms with E-state index in [1.54, 1.807) is 31.5 Å². The Morgan fingerprint density at radius 3 is 2.80 bits per heavy atom. The summed E-state index contributed by atoms with van der Waals surface area (Å²) in [6, 6.07) is 3.12. The van der Waals surface area contributed by atoms with Crippen molar-refractivity contribution in [2.75, 3.05) is 20.7 Å². The minimum atomic E-state index is -3.66. The second-order valence-corrected chi connectivity index (χ2v) is 6.09. The molecule has 1 aromatic rings. The molecule has 8 heteroatoms. The van der Waals surface area contributed by atoms with Gasteiger partial charge < -0.3 is 4.74 Å². The highest BCUT2D eigenvalue weighted by atomic mass is 32.2. The Kier molecular flexibility index (Phi) is 6.05. The van der Waals surface area contributed by atoms with Crippen LogP contribution in [0.25, 0.3) is 0 Å². The fourth-order valence-corrected chi connectivity index (χ4v) is 2.58. The highest BCUT2D eigenvalue weighted by molar-refractivity contribution is 7.87. The van der Waals surface area contributed by atoms with Gasteiger partial charge in [-0.1, -0.05) is 6.07 Å². The fraction of sp³-hybridized carbons (Fsp3) is 0.500. The Balaban J connectivity index is 2.62. The molecule has 0 radical (unpaired) electrons. The molecule has 1 atom stereocenters. The third kappa shape index (κ3) is 4.87. The predicted octanol–water partition coefficient (Wildman–Crippen LogP) is 0.472. The zero-order chi connectivity index (χ0) is 15.2. The fourth-order valence-electron chi connectivity index (χ4n) is 1.48. The van der Waals surface area contributed by atoms with E-state index in [2.05, 4.69) is 14.4 Å². The van der Waals surface area contributed by atoms with Gasteiger partial charge in [0, 0.05) is 32.0 Å². The molecule has 0 aliphatic heterocycles. The number of rotatable bonds is 7. The van der Waals surface area contributed by atoms with Gasteiger partial charge in [0.1, 0.15) is 0 Å². The topological polar surface area (TPSA) is 88.6 Å². The molecule has 0 aliphatic rings. The summed E-state index contributed by atoms with van der Waals surface area (Å²) >= 11 is 0. The van der Waals surface area contributed by atoms with Gasteiger partial charge in [0.05, 0.1) is 13.5 Å². The molecule has 0 saturated heterocycles. The van der Waals surface area contributed by atoms with E-state index >= 15 is 0 Å². The second kappa shape index (κ2) is 7.32. The second-order valence-electron chi connectivity index (χ2n) is 4.28. The van der Waals surface area contributed by atoms with E-state index in [1.807, 2.05) is 0 Å². The van der Waals surface area contributed by atoms with Crippen LogP contribution < -0.4 is 4.72 Å². The van der Waals surface area contributed by atoms with E-state index in [4.69, 9.17) is 0 Å². The quantitative estimate of drug-likeness (QED) is 0.740. The lowest BCUT2D eigenvalue weighted by Gasteiger charge is -2.20. The molecular formula is C12H19N3O4S. The number of nitrogens with one attached hydrogen (secondary N) is 1. The van der Waals surface area contributed by atoms with Gasteiger partial charge in [0.25, 0.3) is 10.2 Å². The summed E-state index contributed by atoms with van der Waals surface area (Å²) in [6.45, 7) is 1.78. The van der Waals surface area contributed by atoms with Crippen molar-refractivity contribution in [2.45, 2.75) is 19.4 Å². The highest BCUT2D eigenvalue weighted by Gasteiger charge is 2.21. The minimum Gasteiger partial charge on any atom is -0.469 e. The first-order chi connectivity index (χ1) is 9.36. The summed E-state index contributed by atoms with van der Waals surface area (Å²) in [4.78, 5) is 15.0. The molecule has 0 unspecified atom stereocenters. The van der Waals surface area contributed by atoms with Crippen LogP contribution in [0.5, 0.6) is 0 Å². The Morgan fingerprint density at radius 1 is 1.55 bits per heavy atom. The van der Waals surface area contributed by atoms with E-state index < -0.39 is 22.2 Å². The average molecular weight is 301 g/mol. The van der Waals surface area contributed by atoms with Crippen molar-refractivity contribution in [3.63, 3.8) is 0 Å². The molecule has 0 spiro atoms. The molecule has 112 valence electrons. The van der Waals surface area contributed by atoms with Crippen LogP contribution in [0.15, 0.2) is 24.5 Å². The summed E-state index contributed by atoms with van der Waals surface area (Å²) in [5.74, 6) is -0.452. The van der Waals surface area contributed by atoms with Gasteiger partial charge in [0.2, 0.25) is 0 Å². The van der Waals surface area contributed by atoms with Gasteiger partial charge in [0.15, 0.2) is 0 Å². The third-order valence-corrected chi connectivity index (χ3v) is 4.43. The average Bonchev–Trinajstić information content (AvgIpc) is 2.44. The first kappa shape index (κ1) is 16.5. The molecule has 1 aromatic heterocycles. The van der Waals surface area contributed by atoms with E-state index in [9.17, 15) is 13.2 Å². The number of methoxy groups -OCH3 is 1. The van der Waals surface area contributed by atoms with Crippen LogP contribution in [0.3, 0.4) is 0 Å². The van der Waals surface area contributed by atoms with Crippen LogP contribution in [0.1, 0.15) is 24.9 Å². The molecule has 0 bridgehead atoms. The summed E-state index contributed by atoms with van der Waals surface area (Å²) in [5.41, 5.74) is 0.762. The normalized spacial score (nSPS) is 13.2. The van der Waals surface area contributed by atoms with Crippen LogP contribution in [-0.2, 0) is 19.7 Å². The number of hydrogen-bond donors (Lipinski definition) is 1. The Hall–Kier alpha value is -1.51. The van der Waals surface area contributed by atoms with E-state index in [0.29, 0.717) is 0 Å². The summed E-state index contributed by atoms with van der Waals surface area (Å²) in [7, 11) is -0.996. The molecule has 1 heterocycles. The number of nitrogens with zero attached hydrogens (tertiary/aromatic N) is 2. The third-order valence-electron chi connectivity index (χ3n) is 2.78. The van der Waals surface area contributed by atoms with Gasteiger partial charge >= 0.3 is 5.97 Å². The molecule has 7 nitrogen and oxygen atoms in total. The van der Waals surface area contributed by atoms with Crippen LogP contribution in [0, 0.1) is 0 Å². The zero-order valence-electron chi connectivity index (χ0n) is 11.7.